The van der Waals surface area contributed by atoms with Crippen LogP contribution in [0.25, 0.3) is 0 Å². The lowest BCUT2D eigenvalue weighted by Crippen LogP contribution is -2.17. The van der Waals surface area contributed by atoms with Gasteiger partial charge < -0.3 is 0 Å². The molecule has 0 spiro atoms. The molecule has 0 aliphatic rings. The normalized spacial score (nSPS) is 11.4. The Morgan fingerprint density at radius 1 is 1.06 bits per heavy atom. The predicted octanol–water partition coefficient (Wildman–Crippen LogP) is 3.57. The number of para-hydroxylation sites is 1. The lowest BCUT2D eigenvalue weighted by Gasteiger charge is -2.12. The molecule has 0 amide bonds. The molecule has 0 atom stereocenters. The largest absolute Gasteiger partial charge is 0.283 e. The van der Waals surface area contributed by atoms with Gasteiger partial charge in [0.2, 0.25) is 10.0 Å². The maximum absolute atomic E-state index is 11.9. The SMILES string of the molecule is CCCCc1ccccc1NS(=O)(=O)CCCC. The van der Waals surface area contributed by atoms with E-state index < -0.39 is 10.0 Å². The van der Waals surface area contributed by atoms with Crippen LogP contribution < -0.4 is 4.72 Å². The Bertz CT molecular complexity index is 455. The van der Waals surface area contributed by atoms with Crippen molar-refractivity contribution >= 4 is 15.7 Å². The zero-order chi connectivity index (χ0) is 13.4. The molecule has 0 bridgehead atoms. The van der Waals surface area contributed by atoms with Gasteiger partial charge in [0.05, 0.1) is 11.4 Å². The predicted molar refractivity (Wildman–Crippen MR) is 77.4 cm³/mol. The van der Waals surface area contributed by atoms with Gasteiger partial charge in [-0.15, -0.1) is 0 Å². The van der Waals surface area contributed by atoms with E-state index >= 15 is 0 Å². The van der Waals surface area contributed by atoms with Crippen LogP contribution in [0, 0.1) is 0 Å². The minimum Gasteiger partial charge on any atom is -0.283 e. The van der Waals surface area contributed by atoms with E-state index in [0.29, 0.717) is 6.42 Å². The molecule has 0 saturated carbocycles. The van der Waals surface area contributed by atoms with Crippen LogP contribution >= 0.6 is 0 Å². The number of anilines is 1. The maximum atomic E-state index is 11.9. The van der Waals surface area contributed by atoms with Gasteiger partial charge in [-0.25, -0.2) is 8.42 Å². The second-order valence-corrected chi connectivity index (χ2v) is 6.38. The monoisotopic (exact) mass is 269 g/mol. The molecule has 1 rings (SSSR count). The van der Waals surface area contributed by atoms with Crippen molar-refractivity contribution in [3.8, 4) is 0 Å². The number of nitrogens with one attached hydrogen (secondary N) is 1. The van der Waals surface area contributed by atoms with Crippen molar-refractivity contribution < 1.29 is 8.42 Å². The smallest absolute Gasteiger partial charge is 0.232 e. The van der Waals surface area contributed by atoms with Crippen LogP contribution in [-0.2, 0) is 16.4 Å². The summed E-state index contributed by atoms with van der Waals surface area (Å²) in [5, 5.41) is 0. The molecule has 0 aliphatic heterocycles. The van der Waals surface area contributed by atoms with Gasteiger partial charge in [0, 0.05) is 0 Å². The Morgan fingerprint density at radius 2 is 1.72 bits per heavy atom. The third kappa shape index (κ3) is 5.08. The van der Waals surface area contributed by atoms with Crippen LogP contribution in [0.3, 0.4) is 0 Å². The molecule has 0 heterocycles. The lowest BCUT2D eigenvalue weighted by molar-refractivity contribution is 0.597. The van der Waals surface area contributed by atoms with E-state index in [4.69, 9.17) is 0 Å². The Labute approximate surface area is 111 Å². The minimum absolute atomic E-state index is 0.200. The first-order chi connectivity index (χ1) is 8.59. The molecular formula is C14H23NO2S. The Balaban J connectivity index is 2.77. The molecule has 0 aliphatic carbocycles. The molecule has 1 aromatic rings. The van der Waals surface area contributed by atoms with Gasteiger partial charge in [0.15, 0.2) is 0 Å². The second kappa shape index (κ2) is 7.41. The van der Waals surface area contributed by atoms with Crippen molar-refractivity contribution in [2.75, 3.05) is 10.5 Å². The first-order valence-electron chi connectivity index (χ1n) is 6.67. The van der Waals surface area contributed by atoms with Crippen LogP contribution in [0.2, 0.25) is 0 Å². The Hall–Kier alpha value is -1.03. The number of rotatable bonds is 8. The second-order valence-electron chi connectivity index (χ2n) is 4.54. The summed E-state index contributed by atoms with van der Waals surface area (Å²) < 4.78 is 26.5. The molecule has 1 N–H and O–H groups in total. The van der Waals surface area contributed by atoms with E-state index in [1.54, 1.807) is 0 Å². The van der Waals surface area contributed by atoms with Gasteiger partial charge in [-0.3, -0.25) is 4.72 Å². The summed E-state index contributed by atoms with van der Waals surface area (Å²) in [6, 6.07) is 7.66. The third-order valence-electron chi connectivity index (χ3n) is 2.85. The van der Waals surface area contributed by atoms with Crippen molar-refractivity contribution in [3.63, 3.8) is 0 Å². The molecule has 1 aromatic carbocycles. The van der Waals surface area contributed by atoms with Crippen molar-refractivity contribution in [2.24, 2.45) is 0 Å². The summed E-state index contributed by atoms with van der Waals surface area (Å²) in [5.41, 5.74) is 1.82. The fraction of sp³-hybridized carbons (Fsp3) is 0.571. The summed E-state index contributed by atoms with van der Waals surface area (Å²) in [6.45, 7) is 4.12. The fourth-order valence-corrected chi connectivity index (χ4v) is 3.06. The first-order valence-corrected chi connectivity index (χ1v) is 8.32. The van der Waals surface area contributed by atoms with Crippen LogP contribution in [0.5, 0.6) is 0 Å². The van der Waals surface area contributed by atoms with E-state index in [-0.39, 0.29) is 5.75 Å². The molecule has 0 aromatic heterocycles. The number of unbranched alkanes of at least 4 members (excludes halogenated alkanes) is 2. The van der Waals surface area contributed by atoms with Crippen LogP contribution in [-0.4, -0.2) is 14.2 Å². The van der Waals surface area contributed by atoms with Gasteiger partial charge in [-0.1, -0.05) is 44.9 Å². The molecule has 0 saturated heterocycles. The number of benzene rings is 1. The van der Waals surface area contributed by atoms with E-state index in [2.05, 4.69) is 11.6 Å². The average Bonchev–Trinajstić information content (AvgIpc) is 2.35. The Morgan fingerprint density at radius 3 is 2.39 bits per heavy atom. The molecule has 102 valence electrons. The summed E-state index contributed by atoms with van der Waals surface area (Å²) in [7, 11) is -3.19. The van der Waals surface area contributed by atoms with Crippen LogP contribution in [0.4, 0.5) is 5.69 Å². The zero-order valence-electron chi connectivity index (χ0n) is 11.3. The van der Waals surface area contributed by atoms with Crippen molar-refractivity contribution in [1.29, 1.82) is 0 Å². The molecule has 0 fully saturated rings. The highest BCUT2D eigenvalue weighted by atomic mass is 32.2. The average molecular weight is 269 g/mol. The quantitative estimate of drug-likeness (QED) is 0.784. The molecule has 0 unspecified atom stereocenters. The highest BCUT2D eigenvalue weighted by Crippen LogP contribution is 2.19. The fourth-order valence-electron chi connectivity index (χ4n) is 1.76. The van der Waals surface area contributed by atoms with E-state index in [9.17, 15) is 8.42 Å². The van der Waals surface area contributed by atoms with Crippen molar-refractivity contribution in [2.45, 2.75) is 46.0 Å². The highest BCUT2D eigenvalue weighted by Gasteiger charge is 2.11. The van der Waals surface area contributed by atoms with Gasteiger partial charge in [0.1, 0.15) is 0 Å². The molecule has 18 heavy (non-hydrogen) atoms. The number of hydrogen-bond acceptors (Lipinski definition) is 2. The minimum atomic E-state index is -3.19. The van der Waals surface area contributed by atoms with Gasteiger partial charge in [0.25, 0.3) is 0 Å². The number of aryl methyl sites for hydroxylation is 1. The highest BCUT2D eigenvalue weighted by molar-refractivity contribution is 7.92. The van der Waals surface area contributed by atoms with E-state index in [0.717, 1.165) is 36.9 Å². The first kappa shape index (κ1) is 15.0. The van der Waals surface area contributed by atoms with E-state index in [1.165, 1.54) is 0 Å². The van der Waals surface area contributed by atoms with Gasteiger partial charge in [-0.05, 0) is 30.9 Å². The lowest BCUT2D eigenvalue weighted by atomic mass is 10.1. The summed E-state index contributed by atoms with van der Waals surface area (Å²) in [4.78, 5) is 0. The molecular weight excluding hydrogens is 246 g/mol. The maximum Gasteiger partial charge on any atom is 0.232 e. The summed E-state index contributed by atoms with van der Waals surface area (Å²) >= 11 is 0. The zero-order valence-corrected chi connectivity index (χ0v) is 12.1. The Kier molecular flexibility index (Phi) is 6.19. The molecule has 0 radical (unpaired) electrons. The summed E-state index contributed by atoms with van der Waals surface area (Å²) in [5.74, 6) is 0.200. The van der Waals surface area contributed by atoms with Crippen LogP contribution in [0.15, 0.2) is 24.3 Å². The van der Waals surface area contributed by atoms with Gasteiger partial charge in [-0.2, -0.15) is 0 Å². The molecule has 4 heteroatoms. The van der Waals surface area contributed by atoms with Crippen molar-refractivity contribution in [3.05, 3.63) is 29.8 Å². The standard InChI is InChI=1S/C14H23NO2S/c1-3-5-9-13-10-7-8-11-14(13)15-18(16,17)12-6-4-2/h7-8,10-11,15H,3-6,9,12H2,1-2H3. The summed E-state index contributed by atoms with van der Waals surface area (Å²) in [6.07, 6.45) is 4.69. The third-order valence-corrected chi connectivity index (χ3v) is 4.21. The topological polar surface area (TPSA) is 46.2 Å². The van der Waals surface area contributed by atoms with Crippen LogP contribution in [0.1, 0.15) is 45.1 Å². The number of sulfonamides is 1. The van der Waals surface area contributed by atoms with Crippen molar-refractivity contribution in [1.82, 2.24) is 0 Å². The molecule has 3 nitrogen and oxygen atoms in total. The number of hydrogen-bond donors (Lipinski definition) is 1. The van der Waals surface area contributed by atoms with Gasteiger partial charge >= 0.3 is 0 Å². The van der Waals surface area contributed by atoms with E-state index in [1.807, 2.05) is 31.2 Å².